The lowest BCUT2D eigenvalue weighted by molar-refractivity contribution is 0.0946. The number of rotatable bonds is 8. The van der Waals surface area contributed by atoms with E-state index in [-0.39, 0.29) is 24.1 Å². The van der Waals surface area contributed by atoms with Crippen molar-refractivity contribution in [1.82, 2.24) is 20.4 Å². The number of carbonyl (C=O) groups is 1. The van der Waals surface area contributed by atoms with Crippen molar-refractivity contribution in [3.63, 3.8) is 0 Å². The molecule has 2 aromatic rings. The fourth-order valence-corrected chi connectivity index (χ4v) is 2.96. The molecule has 0 radical (unpaired) electrons. The number of hydrogen-bond acceptors (Lipinski definition) is 4. The Morgan fingerprint density at radius 1 is 1.30 bits per heavy atom. The maximum absolute atomic E-state index is 12.8. The number of hydrogen-bond donors (Lipinski definition) is 2. The van der Waals surface area contributed by atoms with Crippen molar-refractivity contribution in [2.75, 3.05) is 26.2 Å². The molecule has 2 heterocycles. The van der Waals surface area contributed by atoms with Crippen molar-refractivity contribution in [2.45, 2.75) is 31.7 Å². The molecule has 1 aromatic heterocycles. The van der Waals surface area contributed by atoms with Crippen LogP contribution in [0.25, 0.3) is 0 Å². The van der Waals surface area contributed by atoms with Crippen LogP contribution in [0.5, 0.6) is 5.75 Å². The lowest BCUT2D eigenvalue weighted by Gasteiger charge is -2.22. The van der Waals surface area contributed by atoms with Gasteiger partial charge in [0.15, 0.2) is 0 Å². The summed E-state index contributed by atoms with van der Waals surface area (Å²) in [5.41, 5.74) is 0.457. The second-order valence-electron chi connectivity index (χ2n) is 6.45. The largest absolute Gasteiger partial charge is 0.494 e. The van der Waals surface area contributed by atoms with Crippen molar-refractivity contribution in [1.29, 1.82) is 0 Å². The maximum Gasteiger partial charge on any atom is 0.271 e. The van der Waals surface area contributed by atoms with Crippen molar-refractivity contribution >= 4 is 18.3 Å². The first kappa shape index (κ1) is 21.2. The molecule has 6 nitrogen and oxygen atoms in total. The second-order valence-corrected chi connectivity index (χ2v) is 6.45. The highest BCUT2D eigenvalue weighted by Crippen LogP contribution is 2.15. The first-order chi connectivity index (χ1) is 12.7. The van der Waals surface area contributed by atoms with Gasteiger partial charge in [0.2, 0.25) is 0 Å². The van der Waals surface area contributed by atoms with Crippen molar-refractivity contribution in [3.05, 3.63) is 48.0 Å². The molecule has 1 saturated heterocycles. The normalized spacial score (nSPS) is 16.4. The van der Waals surface area contributed by atoms with E-state index in [2.05, 4.69) is 15.7 Å². The van der Waals surface area contributed by atoms with Gasteiger partial charge in [-0.15, -0.1) is 12.4 Å². The van der Waals surface area contributed by atoms with Gasteiger partial charge in [0.25, 0.3) is 5.91 Å². The van der Waals surface area contributed by atoms with E-state index in [0.717, 1.165) is 38.8 Å². The highest BCUT2D eigenvalue weighted by atomic mass is 35.5. The number of halogens is 2. The molecule has 1 unspecified atom stereocenters. The number of nitrogens with one attached hydrogen (secondary N) is 2. The Morgan fingerprint density at radius 3 is 2.85 bits per heavy atom. The molecule has 3 rings (SSSR count). The van der Waals surface area contributed by atoms with Crippen LogP contribution in [0.4, 0.5) is 4.39 Å². The van der Waals surface area contributed by atoms with Crippen LogP contribution >= 0.6 is 12.4 Å². The minimum Gasteiger partial charge on any atom is -0.494 e. The zero-order chi connectivity index (χ0) is 18.2. The molecule has 0 saturated carbocycles. The number of aromatic nitrogens is 2. The van der Waals surface area contributed by atoms with Crippen LogP contribution in [-0.4, -0.2) is 41.9 Å². The summed E-state index contributed by atoms with van der Waals surface area (Å²) in [6, 6.07) is 8.05. The molecule has 148 valence electrons. The highest BCUT2D eigenvalue weighted by molar-refractivity contribution is 5.92. The fraction of sp³-hybridized carbons (Fsp3) is 0.474. The summed E-state index contributed by atoms with van der Waals surface area (Å²) in [5.74, 6) is 0.229. The molecule has 1 aliphatic rings. The molecule has 1 aromatic carbocycles. The number of benzene rings is 1. The molecular formula is C19H26ClFN4O2. The van der Waals surface area contributed by atoms with E-state index >= 15 is 0 Å². The monoisotopic (exact) mass is 396 g/mol. The van der Waals surface area contributed by atoms with Gasteiger partial charge >= 0.3 is 0 Å². The van der Waals surface area contributed by atoms with Crippen LogP contribution < -0.4 is 15.4 Å². The fourth-order valence-electron chi connectivity index (χ4n) is 2.96. The first-order valence-electron chi connectivity index (χ1n) is 9.15. The standard InChI is InChI=1S/C19H25FN4O2.ClH/c20-15-5-7-17(8-6-15)26-13-2-1-11-22-19(25)18-9-12-24(23-18)16-4-3-10-21-14-16;/h5-9,12,16,21H,1-4,10-11,13-14H2,(H,22,25);1H. The highest BCUT2D eigenvalue weighted by Gasteiger charge is 2.17. The summed E-state index contributed by atoms with van der Waals surface area (Å²) in [5, 5.41) is 10.6. The summed E-state index contributed by atoms with van der Waals surface area (Å²) >= 11 is 0. The van der Waals surface area contributed by atoms with Gasteiger partial charge < -0.3 is 15.4 Å². The number of carbonyl (C=O) groups excluding carboxylic acids is 1. The lowest BCUT2D eigenvalue weighted by atomic mass is 10.1. The Labute approximate surface area is 164 Å². The number of piperidine rings is 1. The predicted molar refractivity (Wildman–Crippen MR) is 104 cm³/mol. The van der Waals surface area contributed by atoms with Gasteiger partial charge in [0, 0.05) is 19.3 Å². The Bertz CT molecular complexity index is 702. The summed E-state index contributed by atoms with van der Waals surface area (Å²) in [6.07, 6.45) is 5.71. The van der Waals surface area contributed by atoms with Gasteiger partial charge in [-0.1, -0.05) is 0 Å². The van der Waals surface area contributed by atoms with E-state index in [1.54, 1.807) is 18.2 Å². The minimum atomic E-state index is -0.276. The van der Waals surface area contributed by atoms with Gasteiger partial charge in [-0.3, -0.25) is 9.48 Å². The third-order valence-electron chi connectivity index (χ3n) is 4.43. The molecule has 1 aliphatic heterocycles. The molecular weight excluding hydrogens is 371 g/mol. The van der Waals surface area contributed by atoms with Gasteiger partial charge in [-0.2, -0.15) is 5.10 Å². The molecule has 1 atom stereocenters. The summed E-state index contributed by atoms with van der Waals surface area (Å²) < 4.78 is 20.2. The van der Waals surface area contributed by atoms with Crippen LogP contribution in [-0.2, 0) is 0 Å². The SMILES string of the molecule is Cl.O=C(NCCCCOc1ccc(F)cc1)c1ccn(C2CCCNC2)n1. The van der Waals surface area contributed by atoms with Crippen LogP contribution in [0.2, 0.25) is 0 Å². The molecule has 2 N–H and O–H groups in total. The molecule has 0 aliphatic carbocycles. The lowest BCUT2D eigenvalue weighted by Crippen LogP contribution is -2.32. The summed E-state index contributed by atoms with van der Waals surface area (Å²) in [6.45, 7) is 3.06. The van der Waals surface area contributed by atoms with E-state index in [1.165, 1.54) is 12.1 Å². The second kappa shape index (κ2) is 10.9. The molecule has 1 amide bonds. The smallest absolute Gasteiger partial charge is 0.271 e. The van der Waals surface area contributed by atoms with Crippen molar-refractivity contribution in [3.8, 4) is 5.75 Å². The van der Waals surface area contributed by atoms with Crippen LogP contribution in [0.15, 0.2) is 36.5 Å². The van der Waals surface area contributed by atoms with Gasteiger partial charge in [-0.25, -0.2) is 4.39 Å². The van der Waals surface area contributed by atoms with Gasteiger partial charge in [-0.05, 0) is 62.6 Å². The number of ether oxygens (including phenoxy) is 1. The number of nitrogens with zero attached hydrogens (tertiary/aromatic N) is 2. The van der Waals surface area contributed by atoms with E-state index in [1.807, 2.05) is 10.9 Å². The average Bonchev–Trinajstić information content (AvgIpc) is 3.17. The molecule has 8 heteroatoms. The summed E-state index contributed by atoms with van der Waals surface area (Å²) in [4.78, 5) is 12.2. The Morgan fingerprint density at radius 2 is 2.11 bits per heavy atom. The molecule has 0 bridgehead atoms. The molecule has 1 fully saturated rings. The number of unbranched alkanes of at least 4 members (excludes halogenated alkanes) is 1. The van der Waals surface area contributed by atoms with E-state index < -0.39 is 0 Å². The Balaban J connectivity index is 0.00000261. The Kier molecular flexibility index (Phi) is 8.54. The topological polar surface area (TPSA) is 68.2 Å². The van der Waals surface area contributed by atoms with Crippen LogP contribution in [0, 0.1) is 5.82 Å². The quantitative estimate of drug-likeness (QED) is 0.673. The third-order valence-corrected chi connectivity index (χ3v) is 4.43. The van der Waals surface area contributed by atoms with E-state index in [0.29, 0.717) is 30.6 Å². The zero-order valence-corrected chi connectivity index (χ0v) is 16.0. The van der Waals surface area contributed by atoms with Crippen LogP contribution in [0.1, 0.15) is 42.2 Å². The van der Waals surface area contributed by atoms with E-state index in [9.17, 15) is 9.18 Å². The average molecular weight is 397 g/mol. The molecule has 27 heavy (non-hydrogen) atoms. The van der Waals surface area contributed by atoms with E-state index in [4.69, 9.17) is 4.74 Å². The first-order valence-corrected chi connectivity index (χ1v) is 9.15. The molecule has 0 spiro atoms. The van der Waals surface area contributed by atoms with Gasteiger partial charge in [0.1, 0.15) is 17.3 Å². The van der Waals surface area contributed by atoms with Crippen molar-refractivity contribution in [2.24, 2.45) is 0 Å². The van der Waals surface area contributed by atoms with Crippen LogP contribution in [0.3, 0.4) is 0 Å². The number of amides is 1. The predicted octanol–water partition coefficient (Wildman–Crippen LogP) is 2.96. The maximum atomic E-state index is 12.8. The Hall–Kier alpha value is -2.12. The third kappa shape index (κ3) is 6.52. The minimum absolute atomic E-state index is 0. The van der Waals surface area contributed by atoms with Gasteiger partial charge in [0.05, 0.1) is 12.6 Å². The van der Waals surface area contributed by atoms with Crippen molar-refractivity contribution < 1.29 is 13.9 Å². The summed E-state index contributed by atoms with van der Waals surface area (Å²) in [7, 11) is 0. The zero-order valence-electron chi connectivity index (χ0n) is 15.2.